The molecule has 26 heavy (non-hydrogen) atoms. The molecule has 0 fully saturated rings. The first-order valence-electron chi connectivity index (χ1n) is 7.84. The second-order valence-electron chi connectivity index (χ2n) is 5.63. The van der Waals surface area contributed by atoms with E-state index >= 15 is 0 Å². The van der Waals surface area contributed by atoms with E-state index in [2.05, 4.69) is 10.4 Å². The first-order chi connectivity index (χ1) is 12.4. The van der Waals surface area contributed by atoms with Gasteiger partial charge in [-0.25, -0.2) is 13.9 Å². The number of nitrogens with zero attached hydrogens (tertiary/aromatic N) is 2. The highest BCUT2D eigenvalue weighted by molar-refractivity contribution is 5.92. The predicted octanol–water partition coefficient (Wildman–Crippen LogP) is 3.50. The zero-order valence-corrected chi connectivity index (χ0v) is 14.2. The number of carbonyl (C=O) groups is 2. The second kappa shape index (κ2) is 7.18. The van der Waals surface area contributed by atoms with Crippen LogP contribution < -0.4 is 10.1 Å². The summed E-state index contributed by atoms with van der Waals surface area (Å²) in [5.74, 6) is -0.736. The van der Waals surface area contributed by atoms with Crippen LogP contribution in [0.4, 0.5) is 10.1 Å². The summed E-state index contributed by atoms with van der Waals surface area (Å²) in [4.78, 5) is 23.4. The Balaban J connectivity index is 1.76. The summed E-state index contributed by atoms with van der Waals surface area (Å²) >= 11 is 0. The molecule has 2 aromatic carbocycles. The van der Waals surface area contributed by atoms with Crippen molar-refractivity contribution in [3.8, 4) is 11.4 Å². The van der Waals surface area contributed by atoms with Crippen molar-refractivity contribution in [2.45, 2.75) is 13.8 Å². The number of ether oxygens (including phenoxy) is 1. The van der Waals surface area contributed by atoms with E-state index in [1.54, 1.807) is 43.3 Å². The van der Waals surface area contributed by atoms with E-state index in [1.165, 1.54) is 29.9 Å². The molecule has 0 aliphatic rings. The minimum atomic E-state index is -0.553. The molecule has 1 aromatic heterocycles. The van der Waals surface area contributed by atoms with E-state index < -0.39 is 5.97 Å². The fourth-order valence-corrected chi connectivity index (χ4v) is 2.42. The molecule has 0 saturated heterocycles. The maximum atomic E-state index is 13.1. The summed E-state index contributed by atoms with van der Waals surface area (Å²) < 4.78 is 19.9. The molecule has 0 saturated carbocycles. The van der Waals surface area contributed by atoms with Crippen LogP contribution in [-0.2, 0) is 4.79 Å². The molecule has 0 aliphatic carbocycles. The number of nitrogens with one attached hydrogen (secondary N) is 1. The number of anilines is 1. The van der Waals surface area contributed by atoms with E-state index in [0.29, 0.717) is 28.4 Å². The van der Waals surface area contributed by atoms with Crippen LogP contribution in [0.1, 0.15) is 23.0 Å². The molecule has 132 valence electrons. The third-order valence-corrected chi connectivity index (χ3v) is 3.69. The smallest absolute Gasteiger partial charge is 0.347 e. The lowest BCUT2D eigenvalue weighted by Gasteiger charge is -2.07. The Kier molecular flexibility index (Phi) is 4.79. The van der Waals surface area contributed by atoms with Crippen molar-refractivity contribution >= 4 is 17.6 Å². The summed E-state index contributed by atoms with van der Waals surface area (Å²) in [7, 11) is 0. The zero-order valence-electron chi connectivity index (χ0n) is 14.2. The maximum Gasteiger partial charge on any atom is 0.347 e. The Labute approximate surface area is 149 Å². The van der Waals surface area contributed by atoms with Gasteiger partial charge in [0.15, 0.2) is 0 Å². The van der Waals surface area contributed by atoms with Gasteiger partial charge in [-0.2, -0.15) is 5.10 Å². The van der Waals surface area contributed by atoms with Crippen molar-refractivity contribution in [1.82, 2.24) is 9.78 Å². The summed E-state index contributed by atoms with van der Waals surface area (Å²) in [6.45, 7) is 3.14. The van der Waals surface area contributed by atoms with E-state index in [4.69, 9.17) is 4.74 Å². The van der Waals surface area contributed by atoms with Crippen molar-refractivity contribution in [1.29, 1.82) is 0 Å². The van der Waals surface area contributed by atoms with Gasteiger partial charge in [-0.15, -0.1) is 0 Å². The average Bonchev–Trinajstić information content (AvgIpc) is 2.98. The van der Waals surface area contributed by atoms with E-state index in [1.807, 2.05) is 0 Å². The molecule has 0 unspecified atom stereocenters. The van der Waals surface area contributed by atoms with E-state index in [-0.39, 0.29) is 11.7 Å². The summed E-state index contributed by atoms with van der Waals surface area (Å²) in [6.07, 6.45) is 1.41. The number of hydrogen-bond acceptors (Lipinski definition) is 4. The third kappa shape index (κ3) is 3.77. The quantitative estimate of drug-likeness (QED) is 0.575. The minimum Gasteiger partial charge on any atom is -0.423 e. The van der Waals surface area contributed by atoms with Crippen molar-refractivity contribution in [2.75, 3.05) is 5.32 Å². The van der Waals surface area contributed by atoms with Crippen LogP contribution in [0.5, 0.6) is 5.75 Å². The molecule has 3 rings (SSSR count). The third-order valence-electron chi connectivity index (χ3n) is 3.69. The zero-order chi connectivity index (χ0) is 18.7. The number of halogens is 1. The molecular weight excluding hydrogens is 337 g/mol. The molecule has 1 amide bonds. The topological polar surface area (TPSA) is 73.2 Å². The fraction of sp³-hybridized carbons (Fsp3) is 0.105. The van der Waals surface area contributed by atoms with Gasteiger partial charge in [-0.1, -0.05) is 0 Å². The Hall–Kier alpha value is -3.48. The number of carbonyl (C=O) groups excluding carboxylic acids is 2. The minimum absolute atomic E-state index is 0.182. The van der Waals surface area contributed by atoms with Crippen LogP contribution >= 0.6 is 0 Å². The number of esters is 1. The van der Waals surface area contributed by atoms with Gasteiger partial charge in [0.25, 0.3) is 0 Å². The second-order valence-corrected chi connectivity index (χ2v) is 5.63. The molecule has 0 atom stereocenters. The molecule has 0 aliphatic heterocycles. The van der Waals surface area contributed by atoms with Gasteiger partial charge >= 0.3 is 5.97 Å². The van der Waals surface area contributed by atoms with Gasteiger partial charge in [0.05, 0.1) is 17.6 Å². The lowest BCUT2D eigenvalue weighted by molar-refractivity contribution is -0.114. The van der Waals surface area contributed by atoms with Gasteiger partial charge in [-0.05, 0) is 55.5 Å². The molecule has 1 heterocycles. The molecule has 0 bridgehead atoms. The molecular formula is C19H16FN3O3. The monoisotopic (exact) mass is 353 g/mol. The number of hydrogen-bond donors (Lipinski definition) is 1. The van der Waals surface area contributed by atoms with Crippen LogP contribution in [-0.4, -0.2) is 21.7 Å². The summed E-state index contributed by atoms with van der Waals surface area (Å²) in [5.41, 5.74) is 2.14. The SMILES string of the molecule is CC(=O)Nc1ccc(OC(=O)c2cnn(-c3ccc(F)cc3)c2C)cc1. The van der Waals surface area contributed by atoms with Gasteiger partial charge in [0, 0.05) is 12.6 Å². The Morgan fingerprint density at radius 3 is 2.35 bits per heavy atom. The van der Waals surface area contributed by atoms with Crippen LogP contribution in [0.25, 0.3) is 5.69 Å². The average molecular weight is 353 g/mol. The number of amides is 1. The Morgan fingerprint density at radius 2 is 1.73 bits per heavy atom. The standard InChI is InChI=1S/C19H16FN3O3/c1-12-18(11-21-23(12)16-7-3-14(20)4-8-16)19(25)26-17-9-5-15(6-10-17)22-13(2)24/h3-11H,1-2H3,(H,22,24). The predicted molar refractivity (Wildman–Crippen MR) is 94.0 cm³/mol. The van der Waals surface area contributed by atoms with Crippen molar-refractivity contribution in [3.05, 3.63) is 71.8 Å². The Morgan fingerprint density at radius 1 is 1.08 bits per heavy atom. The van der Waals surface area contributed by atoms with Crippen molar-refractivity contribution in [2.24, 2.45) is 0 Å². The van der Waals surface area contributed by atoms with Crippen molar-refractivity contribution < 1.29 is 18.7 Å². The number of rotatable bonds is 4. The molecule has 3 aromatic rings. The summed E-state index contributed by atoms with van der Waals surface area (Å²) in [6, 6.07) is 12.2. The largest absolute Gasteiger partial charge is 0.423 e. The van der Waals surface area contributed by atoms with Gasteiger partial charge < -0.3 is 10.1 Å². The maximum absolute atomic E-state index is 13.1. The summed E-state index contributed by atoms with van der Waals surface area (Å²) in [5, 5.41) is 6.80. The lowest BCUT2D eigenvalue weighted by atomic mass is 10.2. The van der Waals surface area contributed by atoms with Crippen LogP contribution in [0.3, 0.4) is 0 Å². The Bertz CT molecular complexity index is 947. The van der Waals surface area contributed by atoms with Crippen molar-refractivity contribution in [3.63, 3.8) is 0 Å². The first-order valence-corrected chi connectivity index (χ1v) is 7.84. The molecule has 0 spiro atoms. The molecule has 7 heteroatoms. The highest BCUT2D eigenvalue weighted by Gasteiger charge is 2.17. The van der Waals surface area contributed by atoms with Gasteiger partial charge in [0.2, 0.25) is 5.91 Å². The normalized spacial score (nSPS) is 10.4. The van der Waals surface area contributed by atoms with Crippen LogP contribution in [0.2, 0.25) is 0 Å². The first kappa shape index (κ1) is 17.3. The highest BCUT2D eigenvalue weighted by atomic mass is 19.1. The number of aromatic nitrogens is 2. The fourth-order valence-electron chi connectivity index (χ4n) is 2.42. The molecule has 1 N–H and O–H groups in total. The van der Waals surface area contributed by atoms with E-state index in [0.717, 1.165) is 0 Å². The lowest BCUT2D eigenvalue weighted by Crippen LogP contribution is -2.10. The number of benzene rings is 2. The van der Waals surface area contributed by atoms with Crippen LogP contribution in [0.15, 0.2) is 54.7 Å². The van der Waals surface area contributed by atoms with E-state index in [9.17, 15) is 14.0 Å². The highest BCUT2D eigenvalue weighted by Crippen LogP contribution is 2.19. The molecule has 6 nitrogen and oxygen atoms in total. The van der Waals surface area contributed by atoms with Crippen LogP contribution in [0, 0.1) is 12.7 Å². The van der Waals surface area contributed by atoms with Gasteiger partial charge in [-0.3, -0.25) is 4.79 Å². The van der Waals surface area contributed by atoms with Gasteiger partial charge in [0.1, 0.15) is 17.1 Å². The molecule has 0 radical (unpaired) electrons.